The van der Waals surface area contributed by atoms with Gasteiger partial charge in [-0.1, -0.05) is 19.1 Å². The Morgan fingerprint density at radius 3 is 2.67 bits per heavy atom. The van der Waals surface area contributed by atoms with Crippen molar-refractivity contribution in [1.82, 2.24) is 0 Å². The first-order valence-corrected chi connectivity index (χ1v) is 5.93. The van der Waals surface area contributed by atoms with Crippen molar-refractivity contribution in [3.05, 3.63) is 29.8 Å². The number of hydrogen-bond donors (Lipinski definition) is 0. The number of hydrogen-bond acceptors (Lipinski definition) is 4. The van der Waals surface area contributed by atoms with Crippen LogP contribution in [0, 0.1) is 0 Å². The highest BCUT2D eigenvalue weighted by Crippen LogP contribution is 2.14. The van der Waals surface area contributed by atoms with Crippen LogP contribution in [-0.4, -0.2) is 25.0 Å². The lowest BCUT2D eigenvalue weighted by Crippen LogP contribution is -2.17. The Morgan fingerprint density at radius 1 is 1.33 bits per heavy atom. The van der Waals surface area contributed by atoms with E-state index in [-0.39, 0.29) is 18.3 Å². The van der Waals surface area contributed by atoms with Crippen LogP contribution in [0.1, 0.15) is 37.0 Å². The van der Waals surface area contributed by atoms with Crippen LogP contribution in [0.2, 0.25) is 0 Å². The van der Waals surface area contributed by atoms with Gasteiger partial charge in [-0.15, -0.1) is 0 Å². The highest BCUT2D eigenvalue weighted by atomic mass is 16.5. The molecule has 1 rings (SSSR count). The molecule has 1 aromatic rings. The molecule has 1 unspecified atom stereocenters. The van der Waals surface area contributed by atoms with Crippen LogP contribution in [0.3, 0.4) is 0 Å². The van der Waals surface area contributed by atoms with Gasteiger partial charge in [-0.3, -0.25) is 9.59 Å². The van der Waals surface area contributed by atoms with Gasteiger partial charge < -0.3 is 9.47 Å². The van der Waals surface area contributed by atoms with Crippen molar-refractivity contribution in [2.45, 2.75) is 32.8 Å². The van der Waals surface area contributed by atoms with Gasteiger partial charge >= 0.3 is 5.97 Å². The molecule has 0 saturated heterocycles. The second-order valence-corrected chi connectivity index (χ2v) is 4.04. The second kappa shape index (κ2) is 6.79. The molecule has 0 radical (unpaired) electrons. The van der Waals surface area contributed by atoms with Gasteiger partial charge in [0.2, 0.25) is 0 Å². The zero-order chi connectivity index (χ0) is 13.5. The van der Waals surface area contributed by atoms with E-state index in [0.29, 0.717) is 11.3 Å². The molecule has 4 heteroatoms. The smallest absolute Gasteiger partial charge is 0.313 e. The number of benzene rings is 1. The maximum absolute atomic E-state index is 11.8. The summed E-state index contributed by atoms with van der Waals surface area (Å²) in [6.45, 7) is 3.72. The van der Waals surface area contributed by atoms with Crippen molar-refractivity contribution in [1.29, 1.82) is 0 Å². The van der Waals surface area contributed by atoms with E-state index in [2.05, 4.69) is 0 Å². The quantitative estimate of drug-likeness (QED) is 0.442. The standard InChI is InChI=1S/C14H18O4/c1-4-10(2)18-14(16)9-13(15)11-6-5-7-12(8-11)17-3/h5-8,10H,4,9H2,1-3H3. The van der Waals surface area contributed by atoms with Crippen molar-refractivity contribution in [2.24, 2.45) is 0 Å². The molecule has 0 saturated carbocycles. The molecule has 0 spiro atoms. The third-order valence-corrected chi connectivity index (χ3v) is 2.60. The summed E-state index contributed by atoms with van der Waals surface area (Å²) in [6.07, 6.45) is 0.340. The Labute approximate surface area is 107 Å². The molecular formula is C14H18O4. The maximum atomic E-state index is 11.8. The molecule has 0 N–H and O–H groups in total. The summed E-state index contributed by atoms with van der Waals surface area (Å²) in [6, 6.07) is 6.72. The second-order valence-electron chi connectivity index (χ2n) is 4.04. The predicted molar refractivity (Wildman–Crippen MR) is 67.8 cm³/mol. The molecule has 1 atom stereocenters. The van der Waals surface area contributed by atoms with E-state index in [1.54, 1.807) is 31.2 Å². The van der Waals surface area contributed by atoms with Crippen molar-refractivity contribution in [3.63, 3.8) is 0 Å². The van der Waals surface area contributed by atoms with Gasteiger partial charge in [0.15, 0.2) is 5.78 Å². The topological polar surface area (TPSA) is 52.6 Å². The first kappa shape index (κ1) is 14.2. The molecule has 0 bridgehead atoms. The third-order valence-electron chi connectivity index (χ3n) is 2.60. The number of rotatable bonds is 6. The molecule has 4 nitrogen and oxygen atoms in total. The Balaban J connectivity index is 2.62. The van der Waals surface area contributed by atoms with Gasteiger partial charge in [-0.25, -0.2) is 0 Å². The van der Waals surface area contributed by atoms with E-state index in [0.717, 1.165) is 6.42 Å². The SMILES string of the molecule is CCC(C)OC(=O)CC(=O)c1cccc(OC)c1. The van der Waals surface area contributed by atoms with Crippen LogP contribution in [-0.2, 0) is 9.53 Å². The molecule has 0 aliphatic heterocycles. The van der Waals surface area contributed by atoms with Crippen LogP contribution in [0.25, 0.3) is 0 Å². The lowest BCUT2D eigenvalue weighted by Gasteiger charge is -2.10. The molecule has 0 aliphatic rings. The van der Waals surface area contributed by atoms with E-state index in [4.69, 9.17) is 9.47 Å². The van der Waals surface area contributed by atoms with E-state index < -0.39 is 5.97 Å². The lowest BCUT2D eigenvalue weighted by atomic mass is 10.1. The van der Waals surface area contributed by atoms with E-state index in [1.807, 2.05) is 6.92 Å². The fraction of sp³-hybridized carbons (Fsp3) is 0.429. The van der Waals surface area contributed by atoms with Crippen LogP contribution >= 0.6 is 0 Å². The van der Waals surface area contributed by atoms with Gasteiger partial charge in [0.1, 0.15) is 12.2 Å². The molecule has 18 heavy (non-hydrogen) atoms. The number of esters is 1. The molecule has 0 amide bonds. The molecule has 0 fully saturated rings. The monoisotopic (exact) mass is 250 g/mol. The summed E-state index contributed by atoms with van der Waals surface area (Å²) < 4.78 is 10.1. The number of carbonyl (C=O) groups excluding carboxylic acids is 2. The minimum atomic E-state index is -0.489. The third kappa shape index (κ3) is 4.20. The fourth-order valence-corrected chi connectivity index (χ4v) is 1.38. The first-order chi connectivity index (χ1) is 8.56. The number of Topliss-reactive ketones (excluding diaryl/α,β-unsaturated/α-hetero) is 1. The molecule has 1 aromatic carbocycles. The van der Waals surface area contributed by atoms with Gasteiger partial charge in [0.05, 0.1) is 13.2 Å². The van der Waals surface area contributed by atoms with Crippen molar-refractivity contribution in [2.75, 3.05) is 7.11 Å². The fourth-order valence-electron chi connectivity index (χ4n) is 1.38. The summed E-state index contributed by atoms with van der Waals surface area (Å²) in [4.78, 5) is 23.3. The Kier molecular flexibility index (Phi) is 5.36. The largest absolute Gasteiger partial charge is 0.497 e. The predicted octanol–water partition coefficient (Wildman–Crippen LogP) is 2.61. The van der Waals surface area contributed by atoms with Crippen LogP contribution in [0.4, 0.5) is 0 Å². The van der Waals surface area contributed by atoms with E-state index in [9.17, 15) is 9.59 Å². The Morgan fingerprint density at radius 2 is 2.06 bits per heavy atom. The molecule has 0 aromatic heterocycles. The summed E-state index contributed by atoms with van der Waals surface area (Å²) in [5.41, 5.74) is 0.454. The first-order valence-electron chi connectivity index (χ1n) is 5.93. The van der Waals surface area contributed by atoms with Crippen molar-refractivity contribution >= 4 is 11.8 Å². The van der Waals surface area contributed by atoms with Gasteiger partial charge in [0, 0.05) is 5.56 Å². The summed E-state index contributed by atoms with van der Waals surface area (Å²) >= 11 is 0. The highest BCUT2D eigenvalue weighted by molar-refractivity contribution is 6.06. The molecular weight excluding hydrogens is 232 g/mol. The Hall–Kier alpha value is -1.84. The average Bonchev–Trinajstić information content (AvgIpc) is 2.38. The van der Waals surface area contributed by atoms with Gasteiger partial charge in [0.25, 0.3) is 0 Å². The normalized spacial score (nSPS) is 11.7. The van der Waals surface area contributed by atoms with Crippen LogP contribution < -0.4 is 4.74 Å². The van der Waals surface area contributed by atoms with E-state index >= 15 is 0 Å². The summed E-state index contributed by atoms with van der Waals surface area (Å²) in [7, 11) is 1.53. The summed E-state index contributed by atoms with van der Waals surface area (Å²) in [5, 5.41) is 0. The van der Waals surface area contributed by atoms with Crippen LogP contribution in [0.15, 0.2) is 24.3 Å². The lowest BCUT2D eigenvalue weighted by molar-refractivity contribution is -0.147. The van der Waals surface area contributed by atoms with E-state index in [1.165, 1.54) is 7.11 Å². The minimum Gasteiger partial charge on any atom is -0.497 e. The van der Waals surface area contributed by atoms with Gasteiger partial charge in [-0.05, 0) is 25.5 Å². The highest BCUT2D eigenvalue weighted by Gasteiger charge is 2.15. The molecule has 0 aliphatic carbocycles. The maximum Gasteiger partial charge on any atom is 0.313 e. The average molecular weight is 250 g/mol. The number of ether oxygens (including phenoxy) is 2. The van der Waals surface area contributed by atoms with Crippen LogP contribution in [0.5, 0.6) is 5.75 Å². The Bertz CT molecular complexity index is 426. The number of ketones is 1. The number of methoxy groups -OCH3 is 1. The minimum absolute atomic E-state index is 0.157. The molecule has 98 valence electrons. The van der Waals surface area contributed by atoms with Crippen molar-refractivity contribution in [3.8, 4) is 5.75 Å². The summed E-state index contributed by atoms with van der Waals surface area (Å²) in [5.74, 6) is -0.157. The zero-order valence-corrected chi connectivity index (χ0v) is 10.9. The van der Waals surface area contributed by atoms with Crippen molar-refractivity contribution < 1.29 is 19.1 Å². The zero-order valence-electron chi connectivity index (χ0n) is 10.9. The molecule has 0 heterocycles. The number of carbonyl (C=O) groups is 2. The van der Waals surface area contributed by atoms with Gasteiger partial charge in [-0.2, -0.15) is 0 Å².